The van der Waals surface area contributed by atoms with Crippen molar-refractivity contribution in [3.63, 3.8) is 0 Å². The minimum Gasteiger partial charge on any atom is -0.391 e. The highest BCUT2D eigenvalue weighted by molar-refractivity contribution is 7.80. The van der Waals surface area contributed by atoms with Crippen LogP contribution in [0.4, 0.5) is 0 Å². The third kappa shape index (κ3) is 9.85. The molecule has 0 aliphatic heterocycles. The van der Waals surface area contributed by atoms with Crippen LogP contribution in [0.25, 0.3) is 0 Å². The van der Waals surface area contributed by atoms with Crippen LogP contribution in [-0.2, 0) is 4.74 Å². The van der Waals surface area contributed by atoms with Crippen molar-refractivity contribution in [2.75, 3.05) is 13.2 Å². The molecule has 72 valence electrons. The molecule has 0 aliphatic rings. The van der Waals surface area contributed by atoms with Gasteiger partial charge in [0.2, 0.25) is 0 Å². The molecule has 0 fully saturated rings. The molecule has 0 saturated heterocycles. The molecule has 0 aromatic carbocycles. The van der Waals surface area contributed by atoms with E-state index >= 15 is 0 Å². The molecule has 0 aromatic heterocycles. The van der Waals surface area contributed by atoms with Gasteiger partial charge in [-0.2, -0.15) is 0 Å². The normalized spacial score (nSPS) is 10.1. The first-order valence-corrected chi connectivity index (χ1v) is 5.04. The third-order valence-corrected chi connectivity index (χ3v) is 1.75. The zero-order chi connectivity index (χ0) is 9.23. The van der Waals surface area contributed by atoms with Crippen LogP contribution in [0.5, 0.6) is 0 Å². The van der Waals surface area contributed by atoms with E-state index in [0.717, 1.165) is 13.0 Å². The molecule has 0 unspecified atom stereocenters. The molecule has 12 heavy (non-hydrogen) atoms. The highest BCUT2D eigenvalue weighted by Crippen LogP contribution is 2.01. The van der Waals surface area contributed by atoms with Gasteiger partial charge in [0.1, 0.15) is 0 Å². The molecule has 0 rings (SSSR count). The summed E-state index contributed by atoms with van der Waals surface area (Å²) in [5.74, 6) is 0. The molecule has 0 radical (unpaired) electrons. The molecule has 3 heteroatoms. The molecule has 0 spiro atoms. The van der Waals surface area contributed by atoms with Gasteiger partial charge in [0.15, 0.2) is 0 Å². The highest BCUT2D eigenvalue weighted by atomic mass is 32.1. The highest BCUT2D eigenvalue weighted by Gasteiger charge is 1.91. The smallest absolute Gasteiger partial charge is 0.0989 e. The van der Waals surface area contributed by atoms with Crippen LogP contribution in [0.15, 0.2) is 0 Å². The minimum absolute atomic E-state index is 0.434. The summed E-state index contributed by atoms with van der Waals surface area (Å²) in [7, 11) is 0. The lowest BCUT2D eigenvalue weighted by Crippen LogP contribution is -2.16. The van der Waals surface area contributed by atoms with E-state index in [9.17, 15) is 0 Å². The zero-order valence-electron chi connectivity index (χ0n) is 7.84. The molecule has 0 bridgehead atoms. The van der Waals surface area contributed by atoms with E-state index in [0.29, 0.717) is 11.6 Å². The second-order valence-electron chi connectivity index (χ2n) is 2.93. The van der Waals surface area contributed by atoms with E-state index < -0.39 is 0 Å². The molecule has 0 aliphatic carbocycles. The van der Waals surface area contributed by atoms with Gasteiger partial charge in [0, 0.05) is 6.61 Å². The van der Waals surface area contributed by atoms with Gasteiger partial charge in [-0.3, -0.25) is 0 Å². The van der Waals surface area contributed by atoms with Crippen molar-refractivity contribution in [3.05, 3.63) is 0 Å². The predicted octanol–water partition coefficient (Wildman–Crippen LogP) is 2.26. The first-order chi connectivity index (χ1) is 5.77. The molecule has 0 aromatic rings. The Morgan fingerprint density at radius 3 is 2.50 bits per heavy atom. The molecule has 0 heterocycles. The minimum atomic E-state index is 0.434. The topological polar surface area (TPSA) is 35.2 Å². The largest absolute Gasteiger partial charge is 0.391 e. The van der Waals surface area contributed by atoms with Crippen LogP contribution < -0.4 is 5.73 Å². The maximum absolute atomic E-state index is 5.26. The van der Waals surface area contributed by atoms with Gasteiger partial charge >= 0.3 is 0 Å². The number of nitrogens with two attached hydrogens (primary N) is 1. The lowest BCUT2D eigenvalue weighted by molar-refractivity contribution is 0.167. The summed E-state index contributed by atoms with van der Waals surface area (Å²) in [6.45, 7) is 3.44. The van der Waals surface area contributed by atoms with Crippen LogP contribution in [-0.4, -0.2) is 18.2 Å². The molecular formula is C9H19NOS. The Balaban J connectivity index is 2.86. The maximum Gasteiger partial charge on any atom is 0.0989 e. The quantitative estimate of drug-likeness (QED) is 0.470. The van der Waals surface area contributed by atoms with E-state index in [1.54, 1.807) is 0 Å². The SMILES string of the molecule is CCCCCCCOCC(N)=S. The first-order valence-electron chi connectivity index (χ1n) is 4.63. The van der Waals surface area contributed by atoms with Crippen LogP contribution in [0, 0.1) is 0 Å². The predicted molar refractivity (Wildman–Crippen MR) is 56.4 cm³/mol. The van der Waals surface area contributed by atoms with E-state index in [-0.39, 0.29) is 0 Å². The summed E-state index contributed by atoms with van der Waals surface area (Å²) >= 11 is 4.67. The summed E-state index contributed by atoms with van der Waals surface area (Å²) < 4.78 is 5.21. The van der Waals surface area contributed by atoms with Gasteiger partial charge in [-0.25, -0.2) is 0 Å². The van der Waals surface area contributed by atoms with Gasteiger partial charge in [0.25, 0.3) is 0 Å². The molecule has 0 saturated carbocycles. The van der Waals surface area contributed by atoms with Gasteiger partial charge in [-0.15, -0.1) is 0 Å². The lowest BCUT2D eigenvalue weighted by atomic mass is 10.2. The average Bonchev–Trinajstić information content (AvgIpc) is 2.02. The summed E-state index contributed by atoms with van der Waals surface area (Å²) in [6, 6.07) is 0. The Kier molecular flexibility index (Phi) is 8.83. The number of ether oxygens (including phenoxy) is 1. The van der Waals surface area contributed by atoms with Gasteiger partial charge < -0.3 is 10.5 Å². The van der Waals surface area contributed by atoms with Crippen molar-refractivity contribution >= 4 is 17.2 Å². The number of unbranched alkanes of at least 4 members (excludes halogenated alkanes) is 4. The van der Waals surface area contributed by atoms with Crippen LogP contribution in [0.3, 0.4) is 0 Å². The van der Waals surface area contributed by atoms with Crippen molar-refractivity contribution in [2.24, 2.45) is 5.73 Å². The van der Waals surface area contributed by atoms with Crippen LogP contribution in [0.1, 0.15) is 39.0 Å². The number of thiocarbonyl (C=S) groups is 1. The summed E-state index contributed by atoms with van der Waals surface area (Å²) in [5.41, 5.74) is 5.26. The van der Waals surface area contributed by atoms with Crippen molar-refractivity contribution in [2.45, 2.75) is 39.0 Å². The van der Waals surface area contributed by atoms with Crippen molar-refractivity contribution in [1.82, 2.24) is 0 Å². The molecular weight excluding hydrogens is 170 g/mol. The number of hydrogen-bond acceptors (Lipinski definition) is 2. The summed E-state index contributed by atoms with van der Waals surface area (Å²) in [6.07, 6.45) is 6.31. The average molecular weight is 189 g/mol. The van der Waals surface area contributed by atoms with Crippen LogP contribution in [0.2, 0.25) is 0 Å². The van der Waals surface area contributed by atoms with Gasteiger partial charge in [-0.1, -0.05) is 44.8 Å². The van der Waals surface area contributed by atoms with E-state index in [2.05, 4.69) is 19.1 Å². The Hall–Kier alpha value is -0.150. The molecule has 0 atom stereocenters. The molecule has 0 amide bonds. The third-order valence-electron chi connectivity index (χ3n) is 1.64. The fraction of sp³-hybridized carbons (Fsp3) is 0.889. The van der Waals surface area contributed by atoms with Crippen LogP contribution >= 0.6 is 12.2 Å². The second-order valence-corrected chi connectivity index (χ2v) is 3.46. The van der Waals surface area contributed by atoms with Crippen molar-refractivity contribution in [1.29, 1.82) is 0 Å². The van der Waals surface area contributed by atoms with E-state index in [4.69, 9.17) is 10.5 Å². The fourth-order valence-electron chi connectivity index (χ4n) is 0.980. The monoisotopic (exact) mass is 189 g/mol. The fourth-order valence-corrected chi connectivity index (χ4v) is 1.06. The lowest BCUT2D eigenvalue weighted by Gasteiger charge is -2.01. The Labute approximate surface area is 80.5 Å². The first kappa shape index (κ1) is 11.8. The van der Waals surface area contributed by atoms with Gasteiger partial charge in [0.05, 0.1) is 11.6 Å². The van der Waals surface area contributed by atoms with E-state index in [1.807, 2.05) is 0 Å². The Morgan fingerprint density at radius 2 is 1.92 bits per heavy atom. The summed E-state index contributed by atoms with van der Waals surface area (Å²) in [5, 5.41) is 0. The number of hydrogen-bond donors (Lipinski definition) is 1. The maximum atomic E-state index is 5.26. The second kappa shape index (κ2) is 8.94. The molecule has 2 N–H and O–H groups in total. The van der Waals surface area contributed by atoms with E-state index in [1.165, 1.54) is 25.7 Å². The Bertz CT molecular complexity index is 117. The number of rotatable bonds is 8. The zero-order valence-corrected chi connectivity index (χ0v) is 8.66. The van der Waals surface area contributed by atoms with Crippen molar-refractivity contribution < 1.29 is 4.74 Å². The van der Waals surface area contributed by atoms with Gasteiger partial charge in [-0.05, 0) is 6.42 Å². The summed E-state index contributed by atoms with van der Waals surface area (Å²) in [4.78, 5) is 0.448. The standard InChI is InChI=1S/C9H19NOS/c1-2-3-4-5-6-7-11-8-9(10)12/h2-8H2,1H3,(H2,10,12). The molecule has 2 nitrogen and oxygen atoms in total. The van der Waals surface area contributed by atoms with Crippen molar-refractivity contribution in [3.8, 4) is 0 Å². The Morgan fingerprint density at radius 1 is 1.25 bits per heavy atom.